The highest BCUT2D eigenvalue weighted by molar-refractivity contribution is 5.44. The van der Waals surface area contributed by atoms with E-state index in [0.29, 0.717) is 17.9 Å². The summed E-state index contributed by atoms with van der Waals surface area (Å²) in [5, 5.41) is 25.8. The highest BCUT2D eigenvalue weighted by Crippen LogP contribution is 2.21. The number of nitrogens with zero attached hydrogens (tertiary/aromatic N) is 3. The van der Waals surface area contributed by atoms with E-state index >= 15 is 0 Å². The molecule has 24 heavy (non-hydrogen) atoms. The smallest absolute Gasteiger partial charge is 0.119 e. The fourth-order valence-electron chi connectivity index (χ4n) is 2.08. The summed E-state index contributed by atoms with van der Waals surface area (Å²) in [6, 6.07) is 16.5. The number of rotatable bonds is 9. The molecule has 0 aliphatic heterocycles. The predicted octanol–water partition coefficient (Wildman–Crippen LogP) is 4.91. The first-order valence-electron chi connectivity index (χ1n) is 8.07. The zero-order valence-electron chi connectivity index (χ0n) is 13.6. The number of benzene rings is 2. The normalized spacial score (nSPS) is 10.7. The standard InChI is InChI=1S/C19H21N3O2/c20-15-16-5-7-17(8-6-16)21-22-18-9-11-19(12-10-18)24-14-4-2-1-3-13-23/h5-12,23H,1-4,13-14H2. The average Bonchev–Trinajstić information content (AvgIpc) is 2.64. The van der Waals surface area contributed by atoms with E-state index in [2.05, 4.69) is 16.3 Å². The number of aliphatic hydroxyl groups excluding tert-OH is 1. The third-order valence-electron chi connectivity index (χ3n) is 3.44. The van der Waals surface area contributed by atoms with Gasteiger partial charge in [-0.15, -0.1) is 0 Å². The zero-order valence-corrected chi connectivity index (χ0v) is 13.6. The van der Waals surface area contributed by atoms with E-state index in [1.165, 1.54) is 0 Å². The lowest BCUT2D eigenvalue weighted by molar-refractivity contribution is 0.273. The van der Waals surface area contributed by atoms with Crippen LogP contribution in [0.25, 0.3) is 0 Å². The molecule has 0 amide bonds. The number of azo groups is 1. The number of unbranched alkanes of at least 4 members (excludes halogenated alkanes) is 3. The van der Waals surface area contributed by atoms with Gasteiger partial charge in [-0.3, -0.25) is 0 Å². The fraction of sp³-hybridized carbons (Fsp3) is 0.316. The molecule has 0 aliphatic carbocycles. The van der Waals surface area contributed by atoms with E-state index in [1.54, 1.807) is 24.3 Å². The molecule has 2 aromatic rings. The van der Waals surface area contributed by atoms with Gasteiger partial charge in [0.05, 0.1) is 29.6 Å². The largest absolute Gasteiger partial charge is 0.494 e. The molecule has 0 spiro atoms. The highest BCUT2D eigenvalue weighted by Gasteiger charge is 1.96. The Morgan fingerprint density at radius 1 is 0.833 bits per heavy atom. The maximum Gasteiger partial charge on any atom is 0.119 e. The van der Waals surface area contributed by atoms with Crippen molar-refractivity contribution in [3.8, 4) is 11.8 Å². The summed E-state index contributed by atoms with van der Waals surface area (Å²) >= 11 is 0. The first kappa shape index (κ1) is 17.6. The third kappa shape index (κ3) is 6.19. The van der Waals surface area contributed by atoms with Gasteiger partial charge in [-0.1, -0.05) is 6.42 Å². The Balaban J connectivity index is 1.78. The monoisotopic (exact) mass is 323 g/mol. The second-order valence-corrected chi connectivity index (χ2v) is 5.34. The molecule has 0 radical (unpaired) electrons. The third-order valence-corrected chi connectivity index (χ3v) is 3.44. The van der Waals surface area contributed by atoms with Gasteiger partial charge >= 0.3 is 0 Å². The van der Waals surface area contributed by atoms with Crippen molar-refractivity contribution in [3.05, 3.63) is 54.1 Å². The summed E-state index contributed by atoms with van der Waals surface area (Å²) in [5.41, 5.74) is 2.05. The molecule has 1 N–H and O–H groups in total. The summed E-state index contributed by atoms with van der Waals surface area (Å²) in [5.74, 6) is 0.814. The summed E-state index contributed by atoms with van der Waals surface area (Å²) in [4.78, 5) is 0. The van der Waals surface area contributed by atoms with Gasteiger partial charge in [0.15, 0.2) is 0 Å². The molecule has 0 aliphatic rings. The zero-order chi connectivity index (χ0) is 17.0. The van der Waals surface area contributed by atoms with E-state index in [-0.39, 0.29) is 6.61 Å². The van der Waals surface area contributed by atoms with E-state index in [0.717, 1.165) is 37.1 Å². The van der Waals surface area contributed by atoms with Crippen molar-refractivity contribution in [2.75, 3.05) is 13.2 Å². The topological polar surface area (TPSA) is 78.0 Å². The lowest BCUT2D eigenvalue weighted by atomic mass is 10.2. The molecular formula is C19H21N3O2. The van der Waals surface area contributed by atoms with Crippen LogP contribution >= 0.6 is 0 Å². The van der Waals surface area contributed by atoms with Crippen LogP contribution in [-0.2, 0) is 0 Å². The molecule has 0 heterocycles. The fourth-order valence-corrected chi connectivity index (χ4v) is 2.08. The van der Waals surface area contributed by atoms with Crippen molar-refractivity contribution >= 4 is 11.4 Å². The molecule has 0 aromatic heterocycles. The van der Waals surface area contributed by atoms with Gasteiger partial charge < -0.3 is 9.84 Å². The second-order valence-electron chi connectivity index (χ2n) is 5.34. The Morgan fingerprint density at radius 2 is 1.42 bits per heavy atom. The van der Waals surface area contributed by atoms with Crippen LogP contribution in [0.5, 0.6) is 5.75 Å². The van der Waals surface area contributed by atoms with Crippen molar-refractivity contribution in [2.24, 2.45) is 10.2 Å². The van der Waals surface area contributed by atoms with Crippen molar-refractivity contribution in [1.29, 1.82) is 5.26 Å². The van der Waals surface area contributed by atoms with Crippen molar-refractivity contribution in [3.63, 3.8) is 0 Å². The average molecular weight is 323 g/mol. The quantitative estimate of drug-likeness (QED) is 0.526. The molecule has 0 saturated carbocycles. The van der Waals surface area contributed by atoms with Crippen molar-refractivity contribution in [1.82, 2.24) is 0 Å². The van der Waals surface area contributed by atoms with Gasteiger partial charge in [0.2, 0.25) is 0 Å². The molecule has 5 nitrogen and oxygen atoms in total. The van der Waals surface area contributed by atoms with E-state index in [9.17, 15) is 0 Å². The Labute approximate surface area is 142 Å². The van der Waals surface area contributed by atoms with Gasteiger partial charge in [-0.05, 0) is 67.8 Å². The Kier molecular flexibility index (Phi) is 7.45. The van der Waals surface area contributed by atoms with E-state index in [1.807, 2.05) is 24.3 Å². The molecule has 0 bridgehead atoms. The number of nitriles is 1. The molecular weight excluding hydrogens is 302 g/mol. The van der Waals surface area contributed by atoms with Gasteiger partial charge in [0.25, 0.3) is 0 Å². The van der Waals surface area contributed by atoms with Crippen LogP contribution in [0.4, 0.5) is 11.4 Å². The minimum Gasteiger partial charge on any atom is -0.494 e. The summed E-state index contributed by atoms with van der Waals surface area (Å²) in [6.45, 7) is 0.941. The summed E-state index contributed by atoms with van der Waals surface area (Å²) < 4.78 is 5.66. The van der Waals surface area contributed by atoms with Gasteiger partial charge in [0, 0.05) is 6.61 Å². The van der Waals surface area contributed by atoms with E-state index < -0.39 is 0 Å². The minimum absolute atomic E-state index is 0.263. The summed E-state index contributed by atoms with van der Waals surface area (Å²) in [7, 11) is 0. The van der Waals surface area contributed by atoms with Crippen LogP contribution in [0.15, 0.2) is 58.8 Å². The first-order valence-corrected chi connectivity index (χ1v) is 8.07. The Bertz CT molecular complexity index is 673. The molecule has 5 heteroatoms. The van der Waals surface area contributed by atoms with Crippen LogP contribution in [-0.4, -0.2) is 18.3 Å². The SMILES string of the molecule is N#Cc1ccc(N=Nc2ccc(OCCCCCCO)cc2)cc1. The Hall–Kier alpha value is -2.71. The van der Waals surface area contributed by atoms with Gasteiger partial charge in [-0.25, -0.2) is 0 Å². The van der Waals surface area contributed by atoms with Gasteiger partial charge in [-0.2, -0.15) is 15.5 Å². The number of hydrogen-bond acceptors (Lipinski definition) is 5. The molecule has 0 unspecified atom stereocenters. The first-order chi connectivity index (χ1) is 11.8. The molecule has 2 aromatic carbocycles. The van der Waals surface area contributed by atoms with Crippen LogP contribution < -0.4 is 4.74 Å². The lowest BCUT2D eigenvalue weighted by Gasteiger charge is -2.05. The van der Waals surface area contributed by atoms with Crippen LogP contribution in [0.1, 0.15) is 31.2 Å². The summed E-state index contributed by atoms with van der Waals surface area (Å²) in [6.07, 6.45) is 3.95. The number of ether oxygens (including phenoxy) is 1. The van der Waals surface area contributed by atoms with Crippen LogP contribution in [0.2, 0.25) is 0 Å². The molecule has 0 atom stereocenters. The maximum absolute atomic E-state index is 8.75. The van der Waals surface area contributed by atoms with Crippen LogP contribution in [0.3, 0.4) is 0 Å². The Morgan fingerprint density at radius 3 is 2.00 bits per heavy atom. The lowest BCUT2D eigenvalue weighted by Crippen LogP contribution is -1.97. The maximum atomic E-state index is 8.75. The molecule has 2 rings (SSSR count). The van der Waals surface area contributed by atoms with E-state index in [4.69, 9.17) is 15.1 Å². The molecule has 0 saturated heterocycles. The number of aliphatic hydroxyl groups is 1. The molecule has 0 fully saturated rings. The molecule has 124 valence electrons. The van der Waals surface area contributed by atoms with Crippen molar-refractivity contribution in [2.45, 2.75) is 25.7 Å². The highest BCUT2D eigenvalue weighted by atomic mass is 16.5. The second kappa shape index (κ2) is 10.1. The minimum atomic E-state index is 0.263. The van der Waals surface area contributed by atoms with Gasteiger partial charge in [0.1, 0.15) is 5.75 Å². The number of hydrogen-bond donors (Lipinski definition) is 1. The van der Waals surface area contributed by atoms with Crippen LogP contribution in [0, 0.1) is 11.3 Å². The predicted molar refractivity (Wildman–Crippen MR) is 92.8 cm³/mol. The van der Waals surface area contributed by atoms with Crippen molar-refractivity contribution < 1.29 is 9.84 Å².